The summed E-state index contributed by atoms with van der Waals surface area (Å²) in [6.07, 6.45) is -3.95. The molecule has 0 fully saturated rings. The van der Waals surface area contributed by atoms with Gasteiger partial charge in [-0.05, 0) is 57.3 Å². The van der Waals surface area contributed by atoms with E-state index in [1.54, 1.807) is 13.0 Å². The Morgan fingerprint density at radius 2 is 1.74 bits per heavy atom. The number of carbonyl (C=O) groups excluding carboxylic acids is 1. The fraction of sp³-hybridized carbons (Fsp3) is 0.250. The van der Waals surface area contributed by atoms with E-state index >= 15 is 0 Å². The van der Waals surface area contributed by atoms with Gasteiger partial charge in [0.15, 0.2) is 5.82 Å². The number of fused-ring (bicyclic) bond motifs is 1. The van der Waals surface area contributed by atoms with Crippen LogP contribution in [-0.4, -0.2) is 28.5 Å². The Hall–Kier alpha value is -3.89. The summed E-state index contributed by atoms with van der Waals surface area (Å²) in [5.41, 5.74) is 0.191. The highest BCUT2D eigenvalue weighted by Gasteiger charge is 2.38. The molecule has 0 aliphatic carbocycles. The maximum Gasteiger partial charge on any atom is 0.450 e. The zero-order chi connectivity index (χ0) is 26.5. The van der Waals surface area contributed by atoms with Crippen molar-refractivity contribution in [1.29, 1.82) is 0 Å². The number of benzene rings is 2. The lowest BCUT2D eigenvalue weighted by Gasteiger charge is -2.13. The zero-order valence-electron chi connectivity index (χ0n) is 19.8. The molecule has 2 aromatic carbocycles. The molecule has 0 aliphatic rings. The maximum absolute atomic E-state index is 13.9. The third-order valence-corrected chi connectivity index (χ3v) is 4.78. The Balaban J connectivity index is 0.00000210. The molecule has 0 atom stereocenters. The summed E-state index contributed by atoms with van der Waals surface area (Å²) in [7, 11) is 0. The summed E-state index contributed by atoms with van der Waals surface area (Å²) in [6.45, 7) is 11.6. The number of hydrogen-bond acceptors (Lipinski definition) is 4. The summed E-state index contributed by atoms with van der Waals surface area (Å²) in [4.78, 5) is 23.5. The second kappa shape index (κ2) is 11.0. The van der Waals surface area contributed by atoms with Crippen LogP contribution < -0.4 is 5.32 Å². The fourth-order valence-corrected chi connectivity index (χ4v) is 3.19. The van der Waals surface area contributed by atoms with Gasteiger partial charge in [-0.1, -0.05) is 19.9 Å². The number of aliphatic imine (C=N–C) groups is 2. The summed E-state index contributed by atoms with van der Waals surface area (Å²) in [6, 6.07) is 6.28. The van der Waals surface area contributed by atoms with E-state index < -0.39 is 35.1 Å². The lowest BCUT2D eigenvalue weighted by Crippen LogP contribution is -2.24. The van der Waals surface area contributed by atoms with Crippen molar-refractivity contribution in [3.05, 3.63) is 70.2 Å². The molecule has 1 aromatic heterocycles. The summed E-state index contributed by atoms with van der Waals surface area (Å²) >= 11 is 0. The van der Waals surface area contributed by atoms with Gasteiger partial charge >= 0.3 is 6.18 Å². The van der Waals surface area contributed by atoms with Crippen LogP contribution in [0, 0.1) is 25.5 Å². The Labute approximate surface area is 198 Å². The highest BCUT2D eigenvalue weighted by molar-refractivity contribution is 6.02. The van der Waals surface area contributed by atoms with Crippen LogP contribution in [-0.2, 0) is 6.18 Å². The first-order valence-corrected chi connectivity index (χ1v) is 10.5. The van der Waals surface area contributed by atoms with Crippen LogP contribution in [0.5, 0.6) is 0 Å². The lowest BCUT2D eigenvalue weighted by atomic mass is 10.1. The third-order valence-electron chi connectivity index (χ3n) is 4.78. The SMILES string of the molecule is C=N/C(=C(/C)N=CNC(=O)c1c(F)ccc(F)c1C)n1c(C(F)(F)F)nc2cc(C)ccc21.CC. The van der Waals surface area contributed by atoms with E-state index in [-0.39, 0.29) is 28.1 Å². The van der Waals surface area contributed by atoms with Gasteiger partial charge in [-0.25, -0.2) is 23.7 Å². The van der Waals surface area contributed by atoms with Gasteiger partial charge in [0.25, 0.3) is 5.91 Å². The van der Waals surface area contributed by atoms with Crippen molar-refractivity contribution in [2.45, 2.75) is 40.8 Å². The summed E-state index contributed by atoms with van der Waals surface area (Å²) in [5, 5.41) is 2.17. The first-order chi connectivity index (χ1) is 16.5. The van der Waals surface area contributed by atoms with Gasteiger partial charge < -0.3 is 5.32 Å². The number of carbonyl (C=O) groups is 1. The van der Waals surface area contributed by atoms with Gasteiger partial charge in [-0.2, -0.15) is 13.2 Å². The monoisotopic (exact) mass is 493 g/mol. The smallest absolute Gasteiger partial charge is 0.313 e. The van der Waals surface area contributed by atoms with Crippen molar-refractivity contribution in [2.24, 2.45) is 9.98 Å². The van der Waals surface area contributed by atoms with Crippen molar-refractivity contribution in [2.75, 3.05) is 0 Å². The zero-order valence-corrected chi connectivity index (χ0v) is 19.8. The molecule has 0 unspecified atom stereocenters. The molecular weight excluding hydrogens is 469 g/mol. The molecule has 1 heterocycles. The van der Waals surface area contributed by atoms with E-state index in [1.165, 1.54) is 26.0 Å². The number of imidazole rings is 1. The fourth-order valence-electron chi connectivity index (χ4n) is 3.19. The van der Waals surface area contributed by atoms with E-state index in [4.69, 9.17) is 0 Å². The molecule has 0 aliphatic heterocycles. The predicted octanol–water partition coefficient (Wildman–Crippen LogP) is 6.28. The second-order valence-electron chi connectivity index (χ2n) is 7.09. The molecule has 3 aromatic rings. The number of amides is 1. The molecule has 0 radical (unpaired) electrons. The van der Waals surface area contributed by atoms with E-state index in [0.29, 0.717) is 0 Å². The highest BCUT2D eigenvalue weighted by atomic mass is 19.4. The minimum absolute atomic E-state index is 0.0490. The predicted molar refractivity (Wildman–Crippen MR) is 126 cm³/mol. The van der Waals surface area contributed by atoms with Crippen LogP contribution in [0.15, 0.2) is 46.0 Å². The van der Waals surface area contributed by atoms with Gasteiger partial charge in [0.2, 0.25) is 5.82 Å². The Bertz CT molecular complexity index is 1320. The molecular formula is C24H24F5N5O. The van der Waals surface area contributed by atoms with Gasteiger partial charge in [-0.3, -0.25) is 9.36 Å². The summed E-state index contributed by atoms with van der Waals surface area (Å²) < 4.78 is 69.4. The van der Waals surface area contributed by atoms with E-state index in [2.05, 4.69) is 27.0 Å². The molecule has 186 valence electrons. The molecule has 3 rings (SSSR count). The number of allylic oxidation sites excluding steroid dienone is 1. The molecule has 6 nitrogen and oxygen atoms in total. The number of aryl methyl sites for hydroxylation is 1. The number of nitrogens with zero attached hydrogens (tertiary/aromatic N) is 4. The van der Waals surface area contributed by atoms with Crippen LogP contribution in [0.1, 0.15) is 48.1 Å². The van der Waals surface area contributed by atoms with Crippen molar-refractivity contribution in [3.8, 4) is 0 Å². The quantitative estimate of drug-likeness (QED) is 0.258. The van der Waals surface area contributed by atoms with Crippen LogP contribution in [0.25, 0.3) is 16.9 Å². The normalized spacial score (nSPS) is 12.3. The van der Waals surface area contributed by atoms with Crippen molar-refractivity contribution in [3.63, 3.8) is 0 Å². The maximum atomic E-state index is 13.9. The Morgan fingerprint density at radius 3 is 2.34 bits per heavy atom. The van der Waals surface area contributed by atoms with Crippen LogP contribution in [0.3, 0.4) is 0 Å². The minimum atomic E-state index is -4.80. The number of aromatic nitrogens is 2. The topological polar surface area (TPSA) is 71.6 Å². The minimum Gasteiger partial charge on any atom is -0.313 e. The second-order valence-corrected chi connectivity index (χ2v) is 7.09. The van der Waals surface area contributed by atoms with E-state index in [1.807, 2.05) is 13.8 Å². The molecule has 0 saturated carbocycles. The van der Waals surface area contributed by atoms with Crippen LogP contribution in [0.2, 0.25) is 0 Å². The number of nitrogens with one attached hydrogen (secondary N) is 1. The molecule has 0 bridgehead atoms. The summed E-state index contributed by atoms with van der Waals surface area (Å²) in [5.74, 6) is -4.17. The molecule has 1 amide bonds. The highest BCUT2D eigenvalue weighted by Crippen LogP contribution is 2.35. The lowest BCUT2D eigenvalue weighted by molar-refractivity contribution is -0.145. The molecule has 35 heavy (non-hydrogen) atoms. The van der Waals surface area contributed by atoms with E-state index in [9.17, 15) is 26.7 Å². The number of hydrogen-bond donors (Lipinski definition) is 1. The largest absolute Gasteiger partial charge is 0.450 e. The van der Waals surface area contributed by atoms with Crippen molar-refractivity contribution in [1.82, 2.24) is 14.9 Å². The first kappa shape index (κ1) is 27.4. The molecule has 11 heteroatoms. The average Bonchev–Trinajstić information content (AvgIpc) is 3.17. The molecule has 1 N–H and O–H groups in total. The number of alkyl halides is 3. The van der Waals surface area contributed by atoms with Crippen LogP contribution in [0.4, 0.5) is 22.0 Å². The van der Waals surface area contributed by atoms with Gasteiger partial charge in [0.05, 0.1) is 28.6 Å². The van der Waals surface area contributed by atoms with Gasteiger partial charge in [-0.15, -0.1) is 0 Å². The van der Waals surface area contributed by atoms with Crippen molar-refractivity contribution >= 4 is 35.8 Å². The molecule has 0 spiro atoms. The number of rotatable bonds is 5. The standard InChI is InChI=1S/C22H18F5N5O.C2H6/c1-11-5-8-17-16(9-11)31-21(22(25,26)27)32(17)19(28-4)13(3)29-10-30-20(33)18-12(2)14(23)6-7-15(18)24;1-2/h5-10H,4H2,1-3H3,(H,29,30,33);1-2H3/b19-13+;. The first-order valence-electron chi connectivity index (χ1n) is 10.5. The van der Waals surface area contributed by atoms with E-state index in [0.717, 1.165) is 28.6 Å². The third kappa shape index (κ3) is 5.79. The van der Waals surface area contributed by atoms with Crippen LogP contribution >= 0.6 is 0 Å². The Morgan fingerprint density at radius 1 is 1.11 bits per heavy atom. The number of halogens is 5. The van der Waals surface area contributed by atoms with Gasteiger partial charge in [0, 0.05) is 5.56 Å². The van der Waals surface area contributed by atoms with Crippen molar-refractivity contribution < 1.29 is 26.7 Å². The van der Waals surface area contributed by atoms with Gasteiger partial charge in [0.1, 0.15) is 11.6 Å². The Kier molecular flexibility index (Phi) is 8.62. The average molecular weight is 493 g/mol. The molecule has 0 saturated heterocycles.